The molecule has 2 atom stereocenters. The van der Waals surface area contributed by atoms with Crippen LogP contribution in [-0.2, 0) is 14.9 Å². The number of aldehydes is 1. The maximum Gasteiger partial charge on any atom is 0.410 e. The summed E-state index contributed by atoms with van der Waals surface area (Å²) in [6.45, 7) is 6.28. The Balaban J connectivity index is 1.76. The molecule has 7 heteroatoms. The number of hydrogen-bond acceptors (Lipinski definition) is 5. The van der Waals surface area contributed by atoms with E-state index in [1.54, 1.807) is 37.8 Å². The topological polar surface area (TPSA) is 89.8 Å². The number of benzene rings is 1. The van der Waals surface area contributed by atoms with Gasteiger partial charge < -0.3 is 14.4 Å². The zero-order valence-corrected chi connectivity index (χ0v) is 13.9. The third kappa shape index (κ3) is 2.53. The van der Waals surface area contributed by atoms with Crippen LogP contribution in [0.3, 0.4) is 0 Å². The molecule has 1 aromatic carbocycles. The molecule has 0 N–H and O–H groups in total. The molecule has 1 saturated carbocycles. The van der Waals surface area contributed by atoms with Gasteiger partial charge in [0.2, 0.25) is 0 Å². The summed E-state index contributed by atoms with van der Waals surface area (Å²) in [5.41, 5.74) is -0.649. The minimum Gasteiger partial charge on any atom is -0.444 e. The Labute approximate surface area is 139 Å². The maximum atomic E-state index is 12.1. The lowest BCUT2D eigenvalue weighted by Crippen LogP contribution is -2.39. The largest absolute Gasteiger partial charge is 0.444 e. The summed E-state index contributed by atoms with van der Waals surface area (Å²) in [7, 11) is 0. The van der Waals surface area contributed by atoms with Crippen molar-refractivity contribution in [2.75, 3.05) is 13.1 Å². The fourth-order valence-electron chi connectivity index (χ4n) is 3.70. The van der Waals surface area contributed by atoms with Crippen LogP contribution in [-0.4, -0.2) is 40.9 Å². The predicted molar refractivity (Wildman–Crippen MR) is 85.6 cm³/mol. The molecule has 2 aliphatic rings. The molecule has 1 saturated heterocycles. The summed E-state index contributed by atoms with van der Waals surface area (Å²) in [6, 6.07) is 6.22. The highest BCUT2D eigenvalue weighted by Gasteiger charge is 2.70. The van der Waals surface area contributed by atoms with E-state index in [4.69, 9.17) is 4.74 Å². The van der Waals surface area contributed by atoms with Gasteiger partial charge >= 0.3 is 6.09 Å². The zero-order chi connectivity index (χ0) is 17.7. The predicted octanol–water partition coefficient (Wildman–Crippen LogP) is 2.53. The number of nitro groups is 1. The number of likely N-dealkylation sites (tertiary alicyclic amines) is 1. The van der Waals surface area contributed by atoms with Crippen LogP contribution in [0.1, 0.15) is 26.3 Å². The molecule has 2 unspecified atom stereocenters. The smallest absolute Gasteiger partial charge is 0.410 e. The lowest BCUT2D eigenvalue weighted by Gasteiger charge is -2.27. The van der Waals surface area contributed by atoms with Crippen molar-refractivity contribution in [3.63, 3.8) is 0 Å². The SMILES string of the molecule is CC(C)(C)OC(=O)N1CC2C(C1)C2(C=O)c1cccc([N+](=O)[O-])c1. The van der Waals surface area contributed by atoms with Gasteiger partial charge in [-0.1, -0.05) is 12.1 Å². The Morgan fingerprint density at radius 3 is 2.50 bits per heavy atom. The monoisotopic (exact) mass is 332 g/mol. The van der Waals surface area contributed by atoms with Crippen LogP contribution in [0.4, 0.5) is 10.5 Å². The molecule has 1 amide bonds. The standard InChI is InChI=1S/C17H20N2O5/c1-16(2,3)24-15(21)18-8-13-14(9-18)17(13,10-20)11-5-4-6-12(7-11)19(22)23/h4-7,10,13-14H,8-9H2,1-3H3. The molecular formula is C17H20N2O5. The average Bonchev–Trinajstić information content (AvgIpc) is 2.87. The van der Waals surface area contributed by atoms with Crippen LogP contribution in [0.25, 0.3) is 0 Å². The van der Waals surface area contributed by atoms with Crippen LogP contribution < -0.4 is 0 Å². The first-order chi connectivity index (χ1) is 11.2. The van der Waals surface area contributed by atoms with Crippen molar-refractivity contribution in [2.45, 2.75) is 31.8 Å². The van der Waals surface area contributed by atoms with Crippen LogP contribution in [0, 0.1) is 22.0 Å². The van der Waals surface area contributed by atoms with Gasteiger partial charge in [0.15, 0.2) is 0 Å². The molecule has 1 aliphatic heterocycles. The van der Waals surface area contributed by atoms with Gasteiger partial charge in [-0.3, -0.25) is 10.1 Å². The highest BCUT2D eigenvalue weighted by molar-refractivity contribution is 5.79. The summed E-state index contributed by atoms with van der Waals surface area (Å²) < 4.78 is 5.36. The quantitative estimate of drug-likeness (QED) is 0.482. The van der Waals surface area contributed by atoms with Gasteiger partial charge in [0.25, 0.3) is 5.69 Å². The van der Waals surface area contributed by atoms with Crippen molar-refractivity contribution >= 4 is 18.1 Å². The van der Waals surface area contributed by atoms with Crippen molar-refractivity contribution in [1.29, 1.82) is 0 Å². The molecule has 1 aliphatic carbocycles. The number of rotatable bonds is 3. The molecule has 0 aromatic heterocycles. The fraction of sp³-hybridized carbons (Fsp3) is 0.529. The van der Waals surface area contributed by atoms with E-state index in [1.807, 2.05) is 0 Å². The first-order valence-electron chi connectivity index (χ1n) is 7.88. The normalized spacial score (nSPS) is 28.2. The van der Waals surface area contributed by atoms with Gasteiger partial charge in [0.05, 0.1) is 10.3 Å². The molecule has 2 fully saturated rings. The van der Waals surface area contributed by atoms with Gasteiger partial charge in [-0.15, -0.1) is 0 Å². The number of non-ortho nitro benzene ring substituents is 1. The highest BCUT2D eigenvalue weighted by Crippen LogP contribution is 2.62. The Hall–Kier alpha value is -2.44. The number of carbonyl (C=O) groups excluding carboxylic acids is 2. The number of nitrogens with zero attached hydrogens (tertiary/aromatic N) is 2. The molecule has 128 valence electrons. The molecule has 0 radical (unpaired) electrons. The van der Waals surface area contributed by atoms with Gasteiger partial charge in [-0.25, -0.2) is 4.79 Å². The second-order valence-electron chi connectivity index (χ2n) is 7.46. The fourth-order valence-corrected chi connectivity index (χ4v) is 3.70. The molecule has 0 spiro atoms. The van der Waals surface area contributed by atoms with E-state index < -0.39 is 15.9 Å². The minimum absolute atomic E-state index is 0.00970. The summed E-state index contributed by atoms with van der Waals surface area (Å²) >= 11 is 0. The minimum atomic E-state index is -0.718. The van der Waals surface area contributed by atoms with Gasteiger partial charge in [0.1, 0.15) is 11.9 Å². The lowest BCUT2D eigenvalue weighted by molar-refractivity contribution is -0.384. The number of piperidine rings is 1. The molecular weight excluding hydrogens is 312 g/mol. The molecule has 7 nitrogen and oxygen atoms in total. The number of carbonyl (C=O) groups is 2. The average molecular weight is 332 g/mol. The van der Waals surface area contributed by atoms with Crippen molar-refractivity contribution < 1.29 is 19.2 Å². The molecule has 0 bridgehead atoms. The van der Waals surface area contributed by atoms with E-state index in [2.05, 4.69) is 0 Å². The third-order valence-electron chi connectivity index (χ3n) is 4.84. The van der Waals surface area contributed by atoms with Crippen LogP contribution in [0.15, 0.2) is 24.3 Å². The highest BCUT2D eigenvalue weighted by atomic mass is 16.6. The van der Waals surface area contributed by atoms with E-state index in [0.29, 0.717) is 18.7 Å². The van der Waals surface area contributed by atoms with Crippen molar-refractivity contribution in [1.82, 2.24) is 4.90 Å². The number of ether oxygens (including phenoxy) is 1. The van der Waals surface area contributed by atoms with Crippen LogP contribution in [0.5, 0.6) is 0 Å². The Bertz CT molecular complexity index is 697. The third-order valence-corrected chi connectivity index (χ3v) is 4.84. The van der Waals surface area contributed by atoms with Gasteiger partial charge in [0, 0.05) is 25.2 Å². The molecule has 24 heavy (non-hydrogen) atoms. The van der Waals surface area contributed by atoms with E-state index in [-0.39, 0.29) is 23.6 Å². The molecule has 1 heterocycles. The van der Waals surface area contributed by atoms with E-state index >= 15 is 0 Å². The first kappa shape index (κ1) is 16.4. The van der Waals surface area contributed by atoms with E-state index in [9.17, 15) is 19.7 Å². The lowest BCUT2D eigenvalue weighted by atomic mass is 9.91. The number of nitro benzene ring substituents is 1. The Morgan fingerprint density at radius 2 is 2.00 bits per heavy atom. The number of fused-ring (bicyclic) bond motifs is 1. The first-order valence-corrected chi connectivity index (χ1v) is 7.88. The second kappa shape index (κ2) is 5.29. The summed E-state index contributed by atoms with van der Waals surface area (Å²) in [5, 5.41) is 11.0. The van der Waals surface area contributed by atoms with Gasteiger partial charge in [-0.05, 0) is 38.2 Å². The van der Waals surface area contributed by atoms with Crippen LogP contribution in [0.2, 0.25) is 0 Å². The number of amides is 1. The van der Waals surface area contributed by atoms with E-state index in [1.165, 1.54) is 12.1 Å². The summed E-state index contributed by atoms with van der Waals surface area (Å²) in [6.07, 6.45) is 0.502. The molecule has 1 aromatic rings. The summed E-state index contributed by atoms with van der Waals surface area (Å²) in [4.78, 5) is 36.0. The number of hydrogen-bond donors (Lipinski definition) is 0. The Kier molecular flexibility index (Phi) is 3.62. The summed E-state index contributed by atoms with van der Waals surface area (Å²) in [5.74, 6) is -0.0194. The van der Waals surface area contributed by atoms with Crippen molar-refractivity contribution in [3.05, 3.63) is 39.9 Å². The van der Waals surface area contributed by atoms with Crippen molar-refractivity contribution in [2.24, 2.45) is 11.8 Å². The Morgan fingerprint density at radius 1 is 1.38 bits per heavy atom. The zero-order valence-electron chi connectivity index (χ0n) is 13.9. The van der Waals surface area contributed by atoms with Crippen LogP contribution >= 0.6 is 0 Å². The van der Waals surface area contributed by atoms with E-state index in [0.717, 1.165) is 6.29 Å². The maximum absolute atomic E-state index is 12.1. The van der Waals surface area contributed by atoms with Crippen molar-refractivity contribution in [3.8, 4) is 0 Å². The second-order valence-corrected chi connectivity index (χ2v) is 7.46. The molecule has 3 rings (SSSR count). The van der Waals surface area contributed by atoms with Gasteiger partial charge in [-0.2, -0.15) is 0 Å².